The molecule has 1 heterocycles. The Bertz CT molecular complexity index is 922. The van der Waals surface area contributed by atoms with Crippen molar-refractivity contribution in [2.24, 2.45) is 5.92 Å². The topological polar surface area (TPSA) is 78.5 Å². The molecule has 1 atom stereocenters. The van der Waals surface area contributed by atoms with Crippen LogP contribution in [-0.4, -0.2) is 28.7 Å². The summed E-state index contributed by atoms with van der Waals surface area (Å²) in [6.45, 7) is 6.24. The number of fused-ring (bicyclic) bond motifs is 1. The van der Waals surface area contributed by atoms with Gasteiger partial charge in [-0.1, -0.05) is 45.0 Å². The third-order valence-electron chi connectivity index (χ3n) is 5.21. The average molecular weight is 408 g/mol. The summed E-state index contributed by atoms with van der Waals surface area (Å²) in [7, 11) is 0. The number of benzene rings is 2. The fourth-order valence-electron chi connectivity index (χ4n) is 3.60. The van der Waals surface area contributed by atoms with Crippen molar-refractivity contribution < 1.29 is 14.4 Å². The number of rotatable bonds is 6. The molecule has 0 saturated heterocycles. The molecule has 2 aromatic carbocycles. The Labute approximate surface area is 177 Å². The first-order valence-electron chi connectivity index (χ1n) is 10.4. The van der Waals surface area contributed by atoms with Crippen molar-refractivity contribution in [3.05, 3.63) is 59.7 Å². The van der Waals surface area contributed by atoms with Gasteiger partial charge in [-0.25, -0.2) is 0 Å². The zero-order valence-corrected chi connectivity index (χ0v) is 17.8. The van der Waals surface area contributed by atoms with Gasteiger partial charge in [-0.15, -0.1) is 0 Å². The molecule has 6 heteroatoms. The minimum absolute atomic E-state index is 0.00252. The van der Waals surface area contributed by atoms with Crippen molar-refractivity contribution in [1.82, 2.24) is 4.90 Å². The van der Waals surface area contributed by atoms with Crippen LogP contribution >= 0.6 is 0 Å². The van der Waals surface area contributed by atoms with Gasteiger partial charge in [0.15, 0.2) is 0 Å². The average Bonchev–Trinajstić information content (AvgIpc) is 2.73. The highest BCUT2D eigenvalue weighted by atomic mass is 16.2. The molecule has 0 bridgehead atoms. The summed E-state index contributed by atoms with van der Waals surface area (Å²) in [5.41, 5.74) is 3.50. The monoisotopic (exact) mass is 407 g/mol. The summed E-state index contributed by atoms with van der Waals surface area (Å²) in [6.07, 6.45) is 1.32. The summed E-state index contributed by atoms with van der Waals surface area (Å²) in [6, 6.07) is 14.4. The van der Waals surface area contributed by atoms with Crippen LogP contribution in [0.1, 0.15) is 44.7 Å². The normalized spacial score (nSPS) is 15.5. The first-order chi connectivity index (χ1) is 14.4. The molecule has 3 rings (SSSR count). The van der Waals surface area contributed by atoms with Crippen molar-refractivity contribution >= 4 is 29.1 Å². The Balaban J connectivity index is 1.76. The van der Waals surface area contributed by atoms with E-state index in [-0.39, 0.29) is 23.6 Å². The predicted octanol–water partition coefficient (Wildman–Crippen LogP) is 3.97. The summed E-state index contributed by atoms with van der Waals surface area (Å²) in [4.78, 5) is 39.2. The lowest BCUT2D eigenvalue weighted by atomic mass is 9.92. The van der Waals surface area contributed by atoms with Crippen molar-refractivity contribution in [3.8, 4) is 0 Å². The molecule has 30 heavy (non-hydrogen) atoms. The van der Waals surface area contributed by atoms with E-state index in [1.54, 1.807) is 36.1 Å². The van der Waals surface area contributed by atoms with Crippen LogP contribution in [0.25, 0.3) is 0 Å². The van der Waals surface area contributed by atoms with Gasteiger partial charge in [0.1, 0.15) is 6.04 Å². The fourth-order valence-corrected chi connectivity index (χ4v) is 3.60. The first kappa shape index (κ1) is 21.6. The Morgan fingerprint density at radius 2 is 1.57 bits per heavy atom. The third kappa shape index (κ3) is 5.26. The Hall–Kier alpha value is -3.15. The molecule has 6 nitrogen and oxygen atoms in total. The van der Waals surface area contributed by atoms with Crippen LogP contribution in [0.15, 0.2) is 48.5 Å². The summed E-state index contributed by atoms with van der Waals surface area (Å²) in [5, 5.41) is 5.71. The number of nitrogens with zero attached hydrogens (tertiary/aromatic N) is 1. The van der Waals surface area contributed by atoms with Gasteiger partial charge in [-0.2, -0.15) is 0 Å². The molecule has 0 spiro atoms. The van der Waals surface area contributed by atoms with Gasteiger partial charge in [-0.3, -0.25) is 14.4 Å². The SMILES string of the molecule is CCC(=O)Nc1ccc(NC(=O)C2Cc3ccccc3CN2C(=O)CC(C)C)cc1. The second-order valence-corrected chi connectivity index (χ2v) is 8.08. The number of carbonyl (C=O) groups excluding carboxylic acids is 3. The molecule has 0 fully saturated rings. The number of carbonyl (C=O) groups is 3. The highest BCUT2D eigenvalue weighted by Gasteiger charge is 2.34. The zero-order chi connectivity index (χ0) is 21.7. The number of hydrogen-bond acceptors (Lipinski definition) is 3. The van der Waals surface area contributed by atoms with Crippen molar-refractivity contribution in [2.45, 2.75) is 52.6 Å². The van der Waals surface area contributed by atoms with Gasteiger partial charge in [-0.05, 0) is 41.3 Å². The minimum Gasteiger partial charge on any atom is -0.326 e. The molecule has 1 aliphatic heterocycles. The number of nitrogens with one attached hydrogen (secondary N) is 2. The zero-order valence-electron chi connectivity index (χ0n) is 17.8. The van der Waals surface area contributed by atoms with Crippen molar-refractivity contribution in [2.75, 3.05) is 10.6 Å². The van der Waals surface area contributed by atoms with Crippen LogP contribution in [0.5, 0.6) is 0 Å². The molecule has 0 radical (unpaired) electrons. The van der Waals surface area contributed by atoms with E-state index in [1.165, 1.54) is 0 Å². The van der Waals surface area contributed by atoms with Crippen LogP contribution in [0.3, 0.4) is 0 Å². The standard InChI is InChI=1S/C24H29N3O3/c1-4-22(28)25-19-9-11-20(12-10-19)26-24(30)21-14-17-7-5-6-8-18(17)15-27(21)23(29)13-16(2)3/h5-12,16,21H,4,13-15H2,1-3H3,(H,25,28)(H,26,30). The lowest BCUT2D eigenvalue weighted by Gasteiger charge is -2.36. The van der Waals surface area contributed by atoms with E-state index in [0.29, 0.717) is 37.2 Å². The minimum atomic E-state index is -0.550. The van der Waals surface area contributed by atoms with E-state index in [0.717, 1.165) is 11.1 Å². The van der Waals surface area contributed by atoms with Gasteiger partial charge < -0.3 is 15.5 Å². The third-order valence-corrected chi connectivity index (χ3v) is 5.21. The largest absolute Gasteiger partial charge is 0.326 e. The highest BCUT2D eigenvalue weighted by Crippen LogP contribution is 2.26. The predicted molar refractivity (Wildman–Crippen MR) is 118 cm³/mol. The molecule has 0 aliphatic carbocycles. The molecular weight excluding hydrogens is 378 g/mol. The molecule has 3 amide bonds. The second-order valence-electron chi connectivity index (χ2n) is 8.08. The molecule has 0 saturated carbocycles. The highest BCUT2D eigenvalue weighted by molar-refractivity contribution is 5.98. The Morgan fingerprint density at radius 1 is 0.967 bits per heavy atom. The lowest BCUT2D eigenvalue weighted by Crippen LogP contribution is -2.50. The van der Waals surface area contributed by atoms with E-state index in [1.807, 2.05) is 38.1 Å². The Morgan fingerprint density at radius 3 is 2.17 bits per heavy atom. The van der Waals surface area contributed by atoms with E-state index < -0.39 is 6.04 Å². The number of anilines is 2. The Kier molecular flexibility index (Phi) is 6.87. The van der Waals surface area contributed by atoms with Gasteiger partial charge >= 0.3 is 0 Å². The quantitative estimate of drug-likeness (QED) is 0.760. The van der Waals surface area contributed by atoms with E-state index >= 15 is 0 Å². The lowest BCUT2D eigenvalue weighted by molar-refractivity contribution is -0.140. The molecule has 0 aromatic heterocycles. The summed E-state index contributed by atoms with van der Waals surface area (Å²) >= 11 is 0. The van der Waals surface area contributed by atoms with Gasteiger partial charge in [0.05, 0.1) is 0 Å². The number of amides is 3. The molecule has 1 unspecified atom stereocenters. The molecule has 158 valence electrons. The molecular formula is C24H29N3O3. The van der Waals surface area contributed by atoms with E-state index in [4.69, 9.17) is 0 Å². The summed E-state index contributed by atoms with van der Waals surface area (Å²) in [5.74, 6) is -0.0412. The number of hydrogen-bond donors (Lipinski definition) is 2. The van der Waals surface area contributed by atoms with Crippen LogP contribution in [0, 0.1) is 5.92 Å². The van der Waals surface area contributed by atoms with Gasteiger partial charge in [0.25, 0.3) is 0 Å². The van der Waals surface area contributed by atoms with Crippen molar-refractivity contribution in [1.29, 1.82) is 0 Å². The smallest absolute Gasteiger partial charge is 0.247 e. The van der Waals surface area contributed by atoms with Crippen LogP contribution in [0.4, 0.5) is 11.4 Å². The van der Waals surface area contributed by atoms with Crippen LogP contribution in [-0.2, 0) is 27.3 Å². The molecule has 2 N–H and O–H groups in total. The van der Waals surface area contributed by atoms with Crippen LogP contribution in [0.2, 0.25) is 0 Å². The van der Waals surface area contributed by atoms with E-state index in [2.05, 4.69) is 10.6 Å². The maximum atomic E-state index is 13.1. The fraction of sp³-hybridized carbons (Fsp3) is 0.375. The molecule has 1 aliphatic rings. The van der Waals surface area contributed by atoms with Crippen molar-refractivity contribution in [3.63, 3.8) is 0 Å². The maximum absolute atomic E-state index is 13.1. The first-order valence-corrected chi connectivity index (χ1v) is 10.4. The summed E-state index contributed by atoms with van der Waals surface area (Å²) < 4.78 is 0. The van der Waals surface area contributed by atoms with Gasteiger partial charge in [0.2, 0.25) is 17.7 Å². The van der Waals surface area contributed by atoms with Crippen LogP contribution < -0.4 is 10.6 Å². The molecule has 2 aromatic rings. The van der Waals surface area contributed by atoms with E-state index in [9.17, 15) is 14.4 Å². The second kappa shape index (κ2) is 9.57. The van der Waals surface area contributed by atoms with Gasteiger partial charge in [0, 0.05) is 37.2 Å². The maximum Gasteiger partial charge on any atom is 0.247 e.